The number of rotatable bonds is 9. The van der Waals surface area contributed by atoms with E-state index in [4.69, 9.17) is 24.5 Å². The number of urea groups is 1. The average Bonchev–Trinajstić information content (AvgIpc) is 3.80. The average molecular weight is 920 g/mol. The molecule has 6 bridgehead atoms. The van der Waals surface area contributed by atoms with Gasteiger partial charge >= 0.3 is 12.0 Å². The van der Waals surface area contributed by atoms with E-state index in [9.17, 15) is 24.0 Å². The van der Waals surface area contributed by atoms with Gasteiger partial charge in [0.05, 0.1) is 29.6 Å². The van der Waals surface area contributed by atoms with Crippen LogP contribution in [-0.4, -0.2) is 144 Å². The molecule has 8 rings (SSSR count). The number of cyclic esters (lactones) is 1. The maximum Gasteiger partial charge on any atom is 0.324 e. The number of esters is 1. The zero-order valence-corrected chi connectivity index (χ0v) is 40.3. The van der Waals surface area contributed by atoms with Crippen LogP contribution in [0.2, 0.25) is 0 Å². The molecule has 3 saturated heterocycles. The lowest BCUT2D eigenvalue weighted by atomic mass is 9.77. The zero-order chi connectivity index (χ0) is 48.1. The number of hydrazine groups is 1. The van der Waals surface area contributed by atoms with E-state index in [-0.39, 0.29) is 43.5 Å². The number of pyridine rings is 1. The number of hydrogen-bond donors (Lipinski definition) is 2. The van der Waals surface area contributed by atoms with Gasteiger partial charge < -0.3 is 34.1 Å². The molecule has 7 heterocycles. The second kappa shape index (κ2) is 18.5. The molecule has 2 N–H and O–H groups in total. The molecule has 4 atom stereocenters. The van der Waals surface area contributed by atoms with Crippen molar-refractivity contribution in [1.82, 2.24) is 54.8 Å². The maximum atomic E-state index is 14.7. The predicted octanol–water partition coefficient (Wildman–Crippen LogP) is 4.42. The van der Waals surface area contributed by atoms with Crippen molar-refractivity contribution < 1.29 is 33.4 Å². The first-order valence-corrected chi connectivity index (χ1v) is 23.4. The molecule has 4 aromatic rings. The molecule has 67 heavy (non-hydrogen) atoms. The molecule has 18 heteroatoms. The largest absolute Gasteiger partial charge is 0.464 e. The highest BCUT2D eigenvalue weighted by Crippen LogP contribution is 2.43. The Morgan fingerprint density at radius 3 is 2.57 bits per heavy atom. The molecule has 0 unspecified atom stereocenters. The molecular formula is C49H65N11O7. The fourth-order valence-corrected chi connectivity index (χ4v) is 10.4. The van der Waals surface area contributed by atoms with Crippen molar-refractivity contribution in [3.8, 4) is 22.6 Å². The minimum Gasteiger partial charge on any atom is -0.464 e. The van der Waals surface area contributed by atoms with Gasteiger partial charge in [-0.3, -0.25) is 29.2 Å². The molecule has 0 saturated carbocycles. The lowest BCUT2D eigenvalue weighted by molar-refractivity contribution is -0.155. The van der Waals surface area contributed by atoms with Crippen LogP contribution in [0, 0.1) is 11.3 Å². The van der Waals surface area contributed by atoms with Crippen LogP contribution in [0.3, 0.4) is 0 Å². The first-order valence-electron chi connectivity index (χ1n) is 23.4. The standard InChI is InChI=1S/C49H65N11O7/c1-11-39(61)57-26-49(27-57)19-22-59(49)47(65)55(8)41(29(3)4)44(62)51-36-24-38-52-43(56(9)54-38)31-17-18-37-33(23-31)34(42(58(37)12-2)32-15-13-20-50-40(32)30(5)66-10)25-48(6,7)28-67-46(64)35-16-14-21-60(53-35)45(36)63/h11,13,15,17-18,20,23,29-30,35-36,41,53H,1,12,14,16,19,21-22,24-28H2,2-10H3,(H,51,62)/t30-,35-,36-,41-/m0/s1. The number of carbonyl (C=O) groups excluding carboxylic acids is 5. The van der Waals surface area contributed by atoms with Gasteiger partial charge in [0.25, 0.3) is 5.91 Å². The number of nitrogens with one attached hydrogen (secondary N) is 2. The van der Waals surface area contributed by atoms with Crippen LogP contribution in [-0.2, 0) is 55.1 Å². The van der Waals surface area contributed by atoms with Crippen molar-refractivity contribution in [1.29, 1.82) is 0 Å². The number of amides is 5. The quantitative estimate of drug-likeness (QED) is 0.179. The summed E-state index contributed by atoms with van der Waals surface area (Å²) in [4.78, 5) is 84.2. The Morgan fingerprint density at radius 1 is 1.13 bits per heavy atom. The molecule has 358 valence electrons. The summed E-state index contributed by atoms with van der Waals surface area (Å²) < 4.78 is 15.9. The predicted molar refractivity (Wildman–Crippen MR) is 251 cm³/mol. The Morgan fingerprint density at radius 2 is 1.90 bits per heavy atom. The summed E-state index contributed by atoms with van der Waals surface area (Å²) in [5, 5.41) is 10.2. The van der Waals surface area contributed by atoms with Gasteiger partial charge in [-0.1, -0.05) is 34.3 Å². The Bertz CT molecular complexity index is 2590. The van der Waals surface area contributed by atoms with Gasteiger partial charge in [0.15, 0.2) is 11.6 Å². The molecule has 1 spiro atoms. The van der Waals surface area contributed by atoms with E-state index in [1.54, 1.807) is 41.9 Å². The van der Waals surface area contributed by atoms with Crippen LogP contribution >= 0.6 is 0 Å². The summed E-state index contributed by atoms with van der Waals surface area (Å²) in [7, 11) is 5.08. The third-order valence-electron chi connectivity index (χ3n) is 14.1. The number of aromatic nitrogens is 5. The molecule has 0 aliphatic carbocycles. The van der Waals surface area contributed by atoms with Crippen molar-refractivity contribution in [2.45, 2.75) is 110 Å². The summed E-state index contributed by atoms with van der Waals surface area (Å²) in [6, 6.07) is 7.00. The summed E-state index contributed by atoms with van der Waals surface area (Å²) in [5.74, 6) is -1.09. The number of ether oxygens (including phenoxy) is 2. The van der Waals surface area contributed by atoms with Gasteiger partial charge in [-0.05, 0) is 87.4 Å². The molecule has 3 aromatic heterocycles. The SMILES string of the molecule is C=CC(=O)N1CC2(CCN2C(=O)N(C)[C@H](C(=O)N[C@H]2Cc3nc(n(C)n3)-c3ccc4c(c3)c(c(-c3cccnc3[C@H](C)OC)n4CC)CC(C)(C)COC(=O)[C@@H]3CCCN(N3)C2=O)C(C)C)C1. The number of aryl methyl sites for hydroxylation is 2. The van der Waals surface area contributed by atoms with Gasteiger partial charge in [0.2, 0.25) is 11.8 Å². The highest BCUT2D eigenvalue weighted by atomic mass is 16.5. The number of nitrogens with zero attached hydrogens (tertiary/aromatic N) is 9. The van der Waals surface area contributed by atoms with E-state index in [0.717, 1.165) is 45.4 Å². The fourth-order valence-electron chi connectivity index (χ4n) is 10.4. The van der Waals surface area contributed by atoms with Crippen LogP contribution in [0.5, 0.6) is 0 Å². The van der Waals surface area contributed by atoms with Crippen LogP contribution < -0.4 is 10.7 Å². The molecule has 4 aliphatic heterocycles. The van der Waals surface area contributed by atoms with Crippen molar-refractivity contribution >= 4 is 40.6 Å². The van der Waals surface area contributed by atoms with E-state index in [2.05, 4.69) is 60.9 Å². The summed E-state index contributed by atoms with van der Waals surface area (Å²) in [6.45, 7) is 17.9. The molecule has 3 fully saturated rings. The maximum absolute atomic E-state index is 14.7. The van der Waals surface area contributed by atoms with Crippen LogP contribution in [0.15, 0.2) is 49.2 Å². The zero-order valence-electron chi connectivity index (χ0n) is 40.3. The van der Waals surface area contributed by atoms with Crippen molar-refractivity contribution in [3.63, 3.8) is 0 Å². The Labute approximate surface area is 392 Å². The third kappa shape index (κ3) is 8.81. The molecular weight excluding hydrogens is 855 g/mol. The lowest BCUT2D eigenvalue weighted by Gasteiger charge is -2.62. The number of hydrogen-bond acceptors (Lipinski definition) is 11. The number of likely N-dealkylation sites (tertiary alicyclic amines) is 2. The Balaban J connectivity index is 1.16. The van der Waals surface area contributed by atoms with Gasteiger partial charge in [-0.25, -0.2) is 19.9 Å². The molecule has 5 amide bonds. The second-order valence-corrected chi connectivity index (χ2v) is 19.7. The van der Waals surface area contributed by atoms with Crippen molar-refractivity contribution in [2.75, 3.05) is 46.9 Å². The van der Waals surface area contributed by atoms with Crippen LogP contribution in [0.25, 0.3) is 33.5 Å². The minimum atomic E-state index is -1.17. The van der Waals surface area contributed by atoms with Crippen LogP contribution in [0.1, 0.15) is 84.0 Å². The smallest absolute Gasteiger partial charge is 0.324 e. The van der Waals surface area contributed by atoms with Crippen molar-refractivity contribution in [3.05, 3.63) is 66.3 Å². The molecule has 1 aromatic carbocycles. The van der Waals surface area contributed by atoms with E-state index < -0.39 is 46.9 Å². The lowest BCUT2D eigenvalue weighted by Crippen LogP contribution is -2.79. The molecule has 18 nitrogen and oxygen atoms in total. The van der Waals surface area contributed by atoms with E-state index >= 15 is 0 Å². The van der Waals surface area contributed by atoms with E-state index in [1.165, 1.54) is 16.0 Å². The topological polar surface area (TPSA) is 189 Å². The highest BCUT2D eigenvalue weighted by molar-refractivity contribution is 5.96. The Kier molecular flexibility index (Phi) is 13.1. The fraction of sp³-hybridized carbons (Fsp3) is 0.551. The van der Waals surface area contributed by atoms with Gasteiger partial charge in [0, 0.05) is 94.0 Å². The Hall–Kier alpha value is -6.14. The first-order chi connectivity index (χ1) is 31.9. The van der Waals surface area contributed by atoms with E-state index in [0.29, 0.717) is 57.1 Å². The van der Waals surface area contributed by atoms with Gasteiger partial charge in [0.1, 0.15) is 18.1 Å². The first kappa shape index (κ1) is 47.4. The third-order valence-corrected chi connectivity index (χ3v) is 14.1. The minimum absolute atomic E-state index is 0.0733. The number of benzene rings is 1. The number of carbonyl (C=O) groups is 5. The van der Waals surface area contributed by atoms with E-state index in [1.807, 2.05) is 32.9 Å². The summed E-state index contributed by atoms with van der Waals surface area (Å²) in [6.07, 6.45) is 4.97. The van der Waals surface area contributed by atoms with Crippen LogP contribution in [0.4, 0.5) is 4.79 Å². The summed E-state index contributed by atoms with van der Waals surface area (Å²) in [5.41, 5.74) is 7.80. The number of fused-ring (bicyclic) bond motifs is 6. The number of likely N-dealkylation sites (N-methyl/N-ethyl adjacent to an activating group) is 1. The number of methoxy groups -OCH3 is 1. The molecule has 0 radical (unpaired) electrons. The summed E-state index contributed by atoms with van der Waals surface area (Å²) >= 11 is 0. The van der Waals surface area contributed by atoms with Gasteiger partial charge in [-0.2, -0.15) is 5.10 Å². The monoisotopic (exact) mass is 920 g/mol. The molecule has 4 aliphatic rings. The van der Waals surface area contributed by atoms with Crippen molar-refractivity contribution in [2.24, 2.45) is 18.4 Å². The highest BCUT2D eigenvalue weighted by Gasteiger charge is 2.57. The normalized spacial score (nSPS) is 21.3. The second-order valence-electron chi connectivity index (χ2n) is 19.7. The van der Waals surface area contributed by atoms with Gasteiger partial charge in [-0.15, -0.1) is 0 Å².